The summed E-state index contributed by atoms with van der Waals surface area (Å²) < 4.78 is 1.21. The van der Waals surface area contributed by atoms with Crippen LogP contribution in [0, 0.1) is 3.57 Å². The Morgan fingerprint density at radius 2 is 1.70 bits per heavy atom. The van der Waals surface area contributed by atoms with Crippen LogP contribution >= 0.6 is 22.6 Å². The summed E-state index contributed by atoms with van der Waals surface area (Å²) in [5.74, 6) is 0.178. The number of carbonyl (C=O) groups excluding carboxylic acids is 1. The molecule has 1 heterocycles. The summed E-state index contributed by atoms with van der Waals surface area (Å²) in [5, 5.41) is 0. The number of nitrogens with zero attached hydrogens (tertiary/aromatic N) is 1. The maximum atomic E-state index is 12.7. The smallest absolute Gasteiger partial charge is 0.237 e. The van der Waals surface area contributed by atoms with Gasteiger partial charge in [-0.2, -0.15) is 0 Å². The van der Waals surface area contributed by atoms with Crippen molar-refractivity contribution in [3.8, 4) is 0 Å². The Morgan fingerprint density at radius 1 is 1.05 bits per heavy atom. The third-order valence-corrected chi connectivity index (χ3v) is 4.62. The van der Waals surface area contributed by atoms with Crippen LogP contribution in [0.15, 0.2) is 48.5 Å². The fourth-order valence-corrected chi connectivity index (χ4v) is 3.09. The largest absolute Gasteiger partial charge is 0.307 e. The normalized spacial score (nSPS) is 16.4. The highest BCUT2D eigenvalue weighted by Crippen LogP contribution is 2.41. The summed E-state index contributed by atoms with van der Waals surface area (Å²) in [6.45, 7) is 4.64. The highest BCUT2D eigenvalue weighted by Gasteiger charge is 2.43. The first-order valence-corrected chi connectivity index (χ1v) is 7.74. The van der Waals surface area contributed by atoms with Crippen LogP contribution in [-0.2, 0) is 16.8 Å². The van der Waals surface area contributed by atoms with Crippen LogP contribution in [0.3, 0.4) is 0 Å². The average Bonchev–Trinajstić information content (AvgIpc) is 2.63. The van der Waals surface area contributed by atoms with Crippen LogP contribution < -0.4 is 4.90 Å². The topological polar surface area (TPSA) is 20.3 Å². The van der Waals surface area contributed by atoms with Gasteiger partial charge >= 0.3 is 0 Å². The van der Waals surface area contributed by atoms with E-state index in [1.165, 1.54) is 3.57 Å². The molecule has 0 unspecified atom stereocenters. The third kappa shape index (κ3) is 2.14. The molecule has 1 amide bonds. The Labute approximate surface area is 132 Å². The quantitative estimate of drug-likeness (QED) is 0.722. The van der Waals surface area contributed by atoms with Gasteiger partial charge in [0.2, 0.25) is 5.91 Å². The number of rotatable bonds is 2. The van der Waals surface area contributed by atoms with E-state index in [9.17, 15) is 4.79 Å². The lowest BCUT2D eigenvalue weighted by atomic mass is 9.86. The molecule has 20 heavy (non-hydrogen) atoms. The predicted molar refractivity (Wildman–Crippen MR) is 89.8 cm³/mol. The van der Waals surface area contributed by atoms with Gasteiger partial charge in [0.05, 0.1) is 12.0 Å². The van der Waals surface area contributed by atoms with Crippen LogP contribution in [-0.4, -0.2) is 5.91 Å². The molecule has 0 saturated carbocycles. The lowest BCUT2D eigenvalue weighted by Crippen LogP contribution is -2.35. The summed E-state index contributed by atoms with van der Waals surface area (Å²) in [6.07, 6.45) is 0. The van der Waals surface area contributed by atoms with Gasteiger partial charge in [0.25, 0.3) is 0 Å². The molecular formula is C17H16INO. The van der Waals surface area contributed by atoms with Gasteiger partial charge in [-0.15, -0.1) is 0 Å². The van der Waals surface area contributed by atoms with E-state index in [2.05, 4.69) is 52.9 Å². The van der Waals surface area contributed by atoms with Crippen molar-refractivity contribution in [1.29, 1.82) is 0 Å². The van der Waals surface area contributed by atoms with Gasteiger partial charge in [-0.3, -0.25) is 4.79 Å². The number of benzene rings is 2. The molecule has 2 aromatic rings. The van der Waals surface area contributed by atoms with Crippen LogP contribution in [0.1, 0.15) is 25.0 Å². The molecule has 0 saturated heterocycles. The van der Waals surface area contributed by atoms with Crippen LogP contribution in [0.25, 0.3) is 0 Å². The monoisotopic (exact) mass is 377 g/mol. The molecule has 102 valence electrons. The van der Waals surface area contributed by atoms with Gasteiger partial charge in [-0.25, -0.2) is 0 Å². The van der Waals surface area contributed by atoms with Gasteiger partial charge in [0.1, 0.15) is 0 Å². The van der Waals surface area contributed by atoms with Gasteiger partial charge < -0.3 is 4.90 Å². The number of fused-ring (bicyclic) bond motifs is 1. The first kappa shape index (κ1) is 13.6. The first-order valence-electron chi connectivity index (χ1n) is 6.66. The van der Waals surface area contributed by atoms with Crippen LogP contribution in [0.2, 0.25) is 0 Å². The Kier molecular flexibility index (Phi) is 3.32. The molecule has 0 bridgehead atoms. The maximum Gasteiger partial charge on any atom is 0.237 e. The van der Waals surface area contributed by atoms with Crippen molar-refractivity contribution in [2.45, 2.75) is 25.8 Å². The van der Waals surface area contributed by atoms with Crippen molar-refractivity contribution in [2.75, 3.05) is 4.90 Å². The zero-order chi connectivity index (χ0) is 14.3. The van der Waals surface area contributed by atoms with Crippen molar-refractivity contribution in [2.24, 2.45) is 0 Å². The molecule has 3 rings (SSSR count). The van der Waals surface area contributed by atoms with E-state index in [0.717, 1.165) is 16.8 Å². The SMILES string of the molecule is CC1(C)C(=O)N(Cc2ccc(I)cc2)c2ccccc21. The summed E-state index contributed by atoms with van der Waals surface area (Å²) in [7, 11) is 0. The highest BCUT2D eigenvalue weighted by molar-refractivity contribution is 14.1. The fourth-order valence-electron chi connectivity index (χ4n) is 2.73. The van der Waals surface area contributed by atoms with E-state index in [4.69, 9.17) is 0 Å². The molecule has 0 aromatic heterocycles. The molecule has 0 spiro atoms. The average molecular weight is 377 g/mol. The number of hydrogen-bond donors (Lipinski definition) is 0. The van der Waals surface area contributed by atoms with Gasteiger partial charge in [-0.05, 0) is 65.8 Å². The van der Waals surface area contributed by atoms with E-state index in [0.29, 0.717) is 6.54 Å². The Morgan fingerprint density at radius 3 is 2.40 bits per heavy atom. The van der Waals surface area contributed by atoms with Gasteiger partial charge in [0, 0.05) is 9.26 Å². The molecule has 1 aliphatic rings. The number of halogens is 1. The lowest BCUT2D eigenvalue weighted by molar-refractivity contribution is -0.122. The Hall–Kier alpha value is -1.36. The molecule has 0 fully saturated rings. The van der Waals surface area contributed by atoms with Crippen LogP contribution in [0.5, 0.6) is 0 Å². The second-order valence-corrected chi connectivity index (χ2v) is 6.91. The van der Waals surface area contributed by atoms with E-state index >= 15 is 0 Å². The lowest BCUT2D eigenvalue weighted by Gasteiger charge is -2.20. The molecule has 0 atom stereocenters. The van der Waals surface area contributed by atoms with E-state index in [-0.39, 0.29) is 5.91 Å². The number of para-hydroxylation sites is 1. The molecule has 1 aliphatic heterocycles. The second-order valence-electron chi connectivity index (χ2n) is 5.66. The minimum absolute atomic E-state index is 0.178. The van der Waals surface area contributed by atoms with Crippen LogP contribution in [0.4, 0.5) is 5.69 Å². The zero-order valence-electron chi connectivity index (χ0n) is 11.6. The molecule has 0 radical (unpaired) electrons. The number of amides is 1. The number of hydrogen-bond acceptors (Lipinski definition) is 1. The molecule has 2 aromatic carbocycles. The first-order chi connectivity index (χ1) is 9.50. The van der Waals surface area contributed by atoms with Crippen molar-refractivity contribution >= 4 is 34.2 Å². The fraction of sp³-hybridized carbons (Fsp3) is 0.235. The summed E-state index contributed by atoms with van der Waals surface area (Å²) in [4.78, 5) is 14.6. The maximum absolute atomic E-state index is 12.7. The molecule has 0 aliphatic carbocycles. The summed E-state index contributed by atoms with van der Waals surface area (Å²) in [6, 6.07) is 16.4. The molecular weight excluding hydrogens is 361 g/mol. The van der Waals surface area contributed by atoms with Crippen molar-refractivity contribution < 1.29 is 4.79 Å². The number of anilines is 1. The summed E-state index contributed by atoms with van der Waals surface area (Å²) >= 11 is 2.29. The molecule has 2 nitrogen and oxygen atoms in total. The molecule has 3 heteroatoms. The van der Waals surface area contributed by atoms with E-state index < -0.39 is 5.41 Å². The van der Waals surface area contributed by atoms with Gasteiger partial charge in [-0.1, -0.05) is 30.3 Å². The summed E-state index contributed by atoms with van der Waals surface area (Å²) in [5.41, 5.74) is 2.89. The third-order valence-electron chi connectivity index (χ3n) is 3.90. The Bertz CT molecular complexity index is 661. The minimum Gasteiger partial charge on any atom is -0.307 e. The zero-order valence-corrected chi connectivity index (χ0v) is 13.7. The van der Waals surface area contributed by atoms with Gasteiger partial charge in [0.15, 0.2) is 0 Å². The molecule has 0 N–H and O–H groups in total. The van der Waals surface area contributed by atoms with E-state index in [1.54, 1.807) is 0 Å². The Balaban J connectivity index is 1.98. The second kappa shape index (κ2) is 4.88. The van der Waals surface area contributed by atoms with E-state index in [1.807, 2.05) is 36.9 Å². The number of carbonyl (C=O) groups is 1. The van der Waals surface area contributed by atoms with Crippen molar-refractivity contribution in [3.63, 3.8) is 0 Å². The predicted octanol–water partition coefficient (Wildman–Crippen LogP) is 4.12. The highest BCUT2D eigenvalue weighted by atomic mass is 127. The minimum atomic E-state index is -0.431. The van der Waals surface area contributed by atoms with Crippen molar-refractivity contribution in [1.82, 2.24) is 0 Å². The standard InChI is InChI=1S/C17H16INO/c1-17(2)14-5-3-4-6-15(14)19(16(17)20)11-12-7-9-13(18)10-8-12/h3-10H,11H2,1-2H3. The van der Waals surface area contributed by atoms with Crippen molar-refractivity contribution in [3.05, 3.63) is 63.2 Å².